The third-order valence-corrected chi connectivity index (χ3v) is 3.21. The fraction of sp³-hybridized carbons (Fsp3) is 0.222. The number of hydrogen-bond donors (Lipinski definition) is 0. The lowest BCUT2D eigenvalue weighted by Gasteiger charge is -2.03. The van der Waals surface area contributed by atoms with E-state index < -0.39 is 0 Å². The van der Waals surface area contributed by atoms with E-state index in [-0.39, 0.29) is 0 Å². The molecule has 0 spiro atoms. The summed E-state index contributed by atoms with van der Waals surface area (Å²) in [7, 11) is 3.85. The van der Waals surface area contributed by atoms with Gasteiger partial charge in [-0.05, 0) is 12.1 Å². The Kier molecular flexibility index (Phi) is 2.83. The summed E-state index contributed by atoms with van der Waals surface area (Å²) in [4.78, 5) is 5.91. The summed E-state index contributed by atoms with van der Waals surface area (Å²) in [6.45, 7) is 0. The monoisotopic (exact) mass is 240 g/mol. The summed E-state index contributed by atoms with van der Waals surface area (Å²) in [5, 5.41) is 10.2. The second kappa shape index (κ2) is 4.12. The minimum Gasteiger partial charge on any atom is -0.353 e. The highest BCUT2D eigenvalue weighted by molar-refractivity contribution is 7.18. The third-order valence-electron chi connectivity index (χ3n) is 1.79. The Morgan fingerprint density at radius 3 is 2.73 bits per heavy atom. The summed E-state index contributed by atoms with van der Waals surface area (Å²) in [6, 6.07) is 3.72. The summed E-state index contributed by atoms with van der Waals surface area (Å²) >= 11 is 7.45. The van der Waals surface area contributed by atoms with Crippen LogP contribution in [-0.2, 0) is 0 Å². The van der Waals surface area contributed by atoms with Crippen molar-refractivity contribution in [2.75, 3.05) is 19.0 Å². The first-order chi connectivity index (χ1) is 7.18. The van der Waals surface area contributed by atoms with Crippen molar-refractivity contribution in [3.8, 4) is 10.6 Å². The molecule has 0 amide bonds. The predicted octanol–water partition coefficient (Wildman–Crippen LogP) is 2.32. The normalized spacial score (nSPS) is 10.3. The van der Waals surface area contributed by atoms with Gasteiger partial charge < -0.3 is 4.90 Å². The van der Waals surface area contributed by atoms with Gasteiger partial charge in [-0.15, -0.1) is 10.2 Å². The van der Waals surface area contributed by atoms with Gasteiger partial charge in [0.25, 0.3) is 0 Å². The summed E-state index contributed by atoms with van der Waals surface area (Å²) in [5.41, 5.74) is 0.824. The van der Waals surface area contributed by atoms with Crippen LogP contribution in [0.1, 0.15) is 0 Å². The van der Waals surface area contributed by atoms with Gasteiger partial charge in [-0.2, -0.15) is 0 Å². The van der Waals surface area contributed by atoms with E-state index in [9.17, 15) is 0 Å². The molecule has 78 valence electrons. The van der Waals surface area contributed by atoms with Crippen molar-refractivity contribution in [2.24, 2.45) is 0 Å². The standard InChI is InChI=1S/C9H9ClN4S/c1-14(2)9-13-12-8(15-9)6-4-3-5-11-7(6)10/h3-5H,1-2H3. The predicted molar refractivity (Wildman–Crippen MR) is 62.5 cm³/mol. The molecule has 2 rings (SSSR count). The van der Waals surface area contributed by atoms with Crippen molar-refractivity contribution in [1.29, 1.82) is 0 Å². The molecule has 4 nitrogen and oxygen atoms in total. The van der Waals surface area contributed by atoms with Gasteiger partial charge in [0.05, 0.1) is 0 Å². The molecule has 0 saturated heterocycles. The Labute approximate surface area is 96.5 Å². The number of rotatable bonds is 2. The van der Waals surface area contributed by atoms with Gasteiger partial charge in [0.15, 0.2) is 5.01 Å². The molecule has 0 atom stereocenters. The number of halogens is 1. The molecule has 15 heavy (non-hydrogen) atoms. The molecule has 6 heteroatoms. The van der Waals surface area contributed by atoms with Gasteiger partial charge in [-0.25, -0.2) is 4.98 Å². The number of nitrogens with zero attached hydrogens (tertiary/aromatic N) is 4. The van der Waals surface area contributed by atoms with Crippen LogP contribution in [-0.4, -0.2) is 29.3 Å². The molecule has 0 N–H and O–H groups in total. The molecule has 2 aromatic heterocycles. The van der Waals surface area contributed by atoms with Crippen LogP contribution in [0.5, 0.6) is 0 Å². The van der Waals surface area contributed by atoms with E-state index in [0.717, 1.165) is 15.7 Å². The fourth-order valence-corrected chi connectivity index (χ4v) is 2.11. The van der Waals surface area contributed by atoms with Crippen molar-refractivity contribution in [3.05, 3.63) is 23.5 Å². The van der Waals surface area contributed by atoms with E-state index in [4.69, 9.17) is 11.6 Å². The van der Waals surface area contributed by atoms with Crippen LogP contribution < -0.4 is 4.90 Å². The lowest BCUT2D eigenvalue weighted by Crippen LogP contribution is -2.07. The van der Waals surface area contributed by atoms with Gasteiger partial charge in [0, 0.05) is 25.9 Å². The number of aromatic nitrogens is 3. The average Bonchev–Trinajstić information content (AvgIpc) is 2.67. The molecular formula is C9H9ClN4S. The maximum absolute atomic E-state index is 5.96. The Hall–Kier alpha value is -1.20. The van der Waals surface area contributed by atoms with Crippen molar-refractivity contribution in [2.45, 2.75) is 0 Å². The van der Waals surface area contributed by atoms with Crippen LogP contribution >= 0.6 is 22.9 Å². The molecule has 0 bridgehead atoms. The maximum Gasteiger partial charge on any atom is 0.208 e. The average molecular weight is 241 g/mol. The molecule has 0 aliphatic rings. The van der Waals surface area contributed by atoms with E-state index >= 15 is 0 Å². The van der Waals surface area contributed by atoms with Gasteiger partial charge in [-0.3, -0.25) is 0 Å². The van der Waals surface area contributed by atoms with E-state index in [2.05, 4.69) is 15.2 Å². The van der Waals surface area contributed by atoms with E-state index in [0.29, 0.717) is 5.15 Å². The Bertz CT molecular complexity index is 469. The molecule has 0 unspecified atom stereocenters. The van der Waals surface area contributed by atoms with E-state index in [1.165, 1.54) is 11.3 Å². The van der Waals surface area contributed by atoms with E-state index in [1.807, 2.05) is 31.1 Å². The highest BCUT2D eigenvalue weighted by Gasteiger charge is 2.10. The fourth-order valence-electron chi connectivity index (χ4n) is 1.05. The Morgan fingerprint density at radius 1 is 1.33 bits per heavy atom. The summed E-state index contributed by atoms with van der Waals surface area (Å²) < 4.78 is 0. The van der Waals surface area contributed by atoms with Gasteiger partial charge in [0.2, 0.25) is 5.13 Å². The second-order valence-electron chi connectivity index (χ2n) is 3.13. The third kappa shape index (κ3) is 2.08. The minimum absolute atomic E-state index is 0.457. The van der Waals surface area contributed by atoms with Crippen molar-refractivity contribution in [3.63, 3.8) is 0 Å². The molecule has 0 fully saturated rings. The Morgan fingerprint density at radius 2 is 2.13 bits per heavy atom. The van der Waals surface area contributed by atoms with Crippen molar-refractivity contribution in [1.82, 2.24) is 15.2 Å². The largest absolute Gasteiger partial charge is 0.353 e. The maximum atomic E-state index is 5.96. The van der Waals surface area contributed by atoms with Crippen LogP contribution in [0.2, 0.25) is 5.15 Å². The first kappa shape index (κ1) is 10.3. The van der Waals surface area contributed by atoms with Crippen LogP contribution in [0.3, 0.4) is 0 Å². The van der Waals surface area contributed by atoms with Gasteiger partial charge in [0.1, 0.15) is 5.15 Å². The van der Waals surface area contributed by atoms with Crippen molar-refractivity contribution >= 4 is 28.1 Å². The summed E-state index contributed by atoms with van der Waals surface area (Å²) in [6.07, 6.45) is 1.65. The van der Waals surface area contributed by atoms with E-state index in [1.54, 1.807) is 6.20 Å². The molecular weight excluding hydrogens is 232 g/mol. The topological polar surface area (TPSA) is 41.9 Å². The lowest BCUT2D eigenvalue weighted by molar-refractivity contribution is 1.02. The minimum atomic E-state index is 0.457. The molecule has 0 aliphatic carbocycles. The quantitative estimate of drug-likeness (QED) is 0.756. The second-order valence-corrected chi connectivity index (χ2v) is 4.44. The first-order valence-corrected chi connectivity index (χ1v) is 5.49. The van der Waals surface area contributed by atoms with Crippen LogP contribution in [0.15, 0.2) is 18.3 Å². The van der Waals surface area contributed by atoms with Crippen LogP contribution in [0, 0.1) is 0 Å². The zero-order valence-electron chi connectivity index (χ0n) is 8.31. The van der Waals surface area contributed by atoms with Gasteiger partial charge >= 0.3 is 0 Å². The molecule has 2 heterocycles. The highest BCUT2D eigenvalue weighted by atomic mass is 35.5. The summed E-state index contributed by atoms with van der Waals surface area (Å²) in [5.74, 6) is 0. The zero-order valence-corrected chi connectivity index (χ0v) is 9.88. The number of pyridine rings is 1. The molecule has 0 saturated carbocycles. The van der Waals surface area contributed by atoms with Gasteiger partial charge in [-0.1, -0.05) is 22.9 Å². The smallest absolute Gasteiger partial charge is 0.208 e. The molecule has 0 aromatic carbocycles. The zero-order chi connectivity index (χ0) is 10.8. The molecule has 0 aliphatic heterocycles. The first-order valence-electron chi connectivity index (χ1n) is 4.30. The number of anilines is 1. The lowest BCUT2D eigenvalue weighted by atomic mass is 10.3. The van der Waals surface area contributed by atoms with Crippen LogP contribution in [0.4, 0.5) is 5.13 Å². The molecule has 2 aromatic rings. The number of hydrogen-bond acceptors (Lipinski definition) is 5. The SMILES string of the molecule is CN(C)c1nnc(-c2cccnc2Cl)s1. The highest BCUT2D eigenvalue weighted by Crippen LogP contribution is 2.30. The molecule has 0 radical (unpaired) electrons. The van der Waals surface area contributed by atoms with Crippen molar-refractivity contribution < 1.29 is 0 Å². The van der Waals surface area contributed by atoms with Crippen LogP contribution in [0.25, 0.3) is 10.6 Å². The Balaban J connectivity index is 2.42.